The van der Waals surface area contributed by atoms with Crippen molar-refractivity contribution in [1.82, 2.24) is 10.3 Å². The van der Waals surface area contributed by atoms with E-state index in [0.717, 1.165) is 37.8 Å². The first-order valence-corrected chi connectivity index (χ1v) is 6.85. The predicted molar refractivity (Wildman–Crippen MR) is 73.8 cm³/mol. The quantitative estimate of drug-likeness (QED) is 0.766. The zero-order valence-electron chi connectivity index (χ0n) is 11.2. The number of rotatable bonds is 3. The first-order valence-electron chi connectivity index (χ1n) is 6.85. The summed E-state index contributed by atoms with van der Waals surface area (Å²) in [6.07, 6.45) is 3.94. The van der Waals surface area contributed by atoms with E-state index >= 15 is 0 Å². The molecule has 1 aliphatic carbocycles. The van der Waals surface area contributed by atoms with Crippen molar-refractivity contribution in [2.45, 2.75) is 51.2 Å². The van der Waals surface area contributed by atoms with Crippen molar-refractivity contribution >= 4 is 11.7 Å². The number of anilines is 1. The summed E-state index contributed by atoms with van der Waals surface area (Å²) in [4.78, 5) is 16.3. The molecule has 104 valence electrons. The molecule has 1 amide bonds. The molecule has 0 aliphatic heterocycles. The third kappa shape index (κ3) is 3.44. The van der Waals surface area contributed by atoms with Crippen molar-refractivity contribution in [3.8, 4) is 0 Å². The lowest BCUT2D eigenvalue weighted by molar-refractivity contribution is 0.0717. The summed E-state index contributed by atoms with van der Waals surface area (Å²) >= 11 is 0. The molecular formula is C14H21N3O2. The Kier molecular flexibility index (Phi) is 4.37. The number of carbonyl (C=O) groups is 1. The maximum atomic E-state index is 12.2. The summed E-state index contributed by atoms with van der Waals surface area (Å²) < 4.78 is 0. The molecule has 0 aromatic carbocycles. The van der Waals surface area contributed by atoms with Gasteiger partial charge in [-0.25, -0.2) is 4.98 Å². The molecule has 5 nitrogen and oxygen atoms in total. The van der Waals surface area contributed by atoms with Gasteiger partial charge in [0.15, 0.2) is 0 Å². The van der Waals surface area contributed by atoms with Gasteiger partial charge < -0.3 is 16.2 Å². The second-order valence-electron chi connectivity index (χ2n) is 5.06. The third-order valence-corrected chi connectivity index (χ3v) is 3.57. The minimum Gasteiger partial charge on any atom is -0.391 e. The Bertz CT molecular complexity index is 462. The highest BCUT2D eigenvalue weighted by Gasteiger charge is 2.25. The van der Waals surface area contributed by atoms with Crippen molar-refractivity contribution in [1.29, 1.82) is 0 Å². The van der Waals surface area contributed by atoms with Crippen LogP contribution in [0.5, 0.6) is 0 Å². The Morgan fingerprint density at radius 3 is 2.89 bits per heavy atom. The van der Waals surface area contributed by atoms with Crippen LogP contribution in [-0.4, -0.2) is 28.1 Å². The highest BCUT2D eigenvalue weighted by Crippen LogP contribution is 2.19. The summed E-state index contributed by atoms with van der Waals surface area (Å²) in [6.45, 7) is 1.97. The fourth-order valence-corrected chi connectivity index (χ4v) is 2.45. The van der Waals surface area contributed by atoms with Crippen LogP contribution in [0.25, 0.3) is 0 Å². The van der Waals surface area contributed by atoms with E-state index < -0.39 is 6.10 Å². The van der Waals surface area contributed by atoms with Crippen LogP contribution in [0, 0.1) is 0 Å². The number of hydrogen-bond acceptors (Lipinski definition) is 4. The van der Waals surface area contributed by atoms with E-state index in [0.29, 0.717) is 11.4 Å². The summed E-state index contributed by atoms with van der Waals surface area (Å²) in [5.41, 5.74) is 7.01. The molecule has 1 aromatic heterocycles. The van der Waals surface area contributed by atoms with E-state index in [4.69, 9.17) is 5.73 Å². The first kappa shape index (κ1) is 13.8. The topological polar surface area (TPSA) is 88.2 Å². The maximum Gasteiger partial charge on any atom is 0.251 e. The molecule has 0 radical (unpaired) electrons. The lowest BCUT2D eigenvalue weighted by atomic mass is 9.92. The number of aryl methyl sites for hydroxylation is 1. The van der Waals surface area contributed by atoms with Crippen LogP contribution in [0.2, 0.25) is 0 Å². The summed E-state index contributed by atoms with van der Waals surface area (Å²) in [6, 6.07) is 3.17. The molecule has 0 saturated heterocycles. The SMILES string of the molecule is CCc1cc(C(=O)NC2CCCCC2O)cc(N)n1. The zero-order valence-corrected chi connectivity index (χ0v) is 11.2. The lowest BCUT2D eigenvalue weighted by Gasteiger charge is -2.28. The van der Waals surface area contributed by atoms with Crippen LogP contribution in [0.15, 0.2) is 12.1 Å². The van der Waals surface area contributed by atoms with Gasteiger partial charge in [-0.15, -0.1) is 0 Å². The number of pyridine rings is 1. The molecule has 5 heteroatoms. The fourth-order valence-electron chi connectivity index (χ4n) is 2.45. The first-order chi connectivity index (χ1) is 9.10. The number of hydrogen-bond donors (Lipinski definition) is 3. The molecule has 1 heterocycles. The number of nitrogen functional groups attached to an aromatic ring is 1. The number of nitrogens with one attached hydrogen (secondary N) is 1. The zero-order chi connectivity index (χ0) is 13.8. The Labute approximate surface area is 113 Å². The number of nitrogens with two attached hydrogens (primary N) is 1. The highest BCUT2D eigenvalue weighted by molar-refractivity contribution is 5.95. The van der Waals surface area contributed by atoms with Gasteiger partial charge in [-0.3, -0.25) is 4.79 Å². The Hall–Kier alpha value is -1.62. The van der Waals surface area contributed by atoms with E-state index in [1.54, 1.807) is 12.1 Å². The average Bonchev–Trinajstić information content (AvgIpc) is 2.40. The standard InChI is InChI=1S/C14H21N3O2/c1-2-10-7-9(8-13(15)16-10)14(19)17-11-5-3-4-6-12(11)18/h7-8,11-12,18H,2-6H2,1H3,(H2,15,16)(H,17,19). The Balaban J connectivity index is 2.08. The van der Waals surface area contributed by atoms with Crippen LogP contribution in [0.3, 0.4) is 0 Å². The molecule has 1 aliphatic rings. The minimum absolute atomic E-state index is 0.152. The monoisotopic (exact) mass is 263 g/mol. The summed E-state index contributed by atoms with van der Waals surface area (Å²) in [7, 11) is 0. The van der Waals surface area contributed by atoms with Crippen LogP contribution < -0.4 is 11.1 Å². The smallest absolute Gasteiger partial charge is 0.251 e. The Morgan fingerprint density at radius 2 is 2.21 bits per heavy atom. The average molecular weight is 263 g/mol. The molecule has 1 fully saturated rings. The van der Waals surface area contributed by atoms with Gasteiger partial charge in [0, 0.05) is 11.3 Å². The minimum atomic E-state index is -0.442. The van der Waals surface area contributed by atoms with Gasteiger partial charge in [0.1, 0.15) is 5.82 Å². The number of nitrogens with zero attached hydrogens (tertiary/aromatic N) is 1. The maximum absolute atomic E-state index is 12.2. The molecule has 1 saturated carbocycles. The molecule has 2 atom stereocenters. The van der Waals surface area contributed by atoms with E-state index in [2.05, 4.69) is 10.3 Å². The number of aliphatic hydroxyl groups is 1. The second-order valence-corrected chi connectivity index (χ2v) is 5.06. The van der Waals surface area contributed by atoms with E-state index in [9.17, 15) is 9.90 Å². The van der Waals surface area contributed by atoms with Crippen molar-refractivity contribution in [3.63, 3.8) is 0 Å². The lowest BCUT2D eigenvalue weighted by Crippen LogP contribution is -2.45. The normalized spacial score (nSPS) is 23.1. The molecule has 0 spiro atoms. The van der Waals surface area contributed by atoms with Gasteiger partial charge in [0.25, 0.3) is 5.91 Å². The number of amides is 1. The molecular weight excluding hydrogens is 242 g/mol. The second kappa shape index (κ2) is 6.02. The number of aromatic nitrogens is 1. The van der Waals surface area contributed by atoms with Crippen LogP contribution in [0.1, 0.15) is 48.7 Å². The van der Waals surface area contributed by atoms with Gasteiger partial charge >= 0.3 is 0 Å². The fraction of sp³-hybridized carbons (Fsp3) is 0.571. The number of aliphatic hydroxyl groups excluding tert-OH is 1. The van der Waals surface area contributed by atoms with Crippen molar-refractivity contribution in [2.24, 2.45) is 0 Å². The van der Waals surface area contributed by atoms with Crippen molar-refractivity contribution < 1.29 is 9.90 Å². The molecule has 19 heavy (non-hydrogen) atoms. The summed E-state index contributed by atoms with van der Waals surface area (Å²) in [5, 5.41) is 12.8. The van der Waals surface area contributed by atoms with Gasteiger partial charge in [-0.05, 0) is 31.4 Å². The van der Waals surface area contributed by atoms with Crippen LogP contribution >= 0.6 is 0 Å². The third-order valence-electron chi connectivity index (χ3n) is 3.57. The van der Waals surface area contributed by atoms with E-state index in [1.165, 1.54) is 0 Å². The molecule has 1 aromatic rings. The Morgan fingerprint density at radius 1 is 1.47 bits per heavy atom. The molecule has 2 unspecified atom stereocenters. The van der Waals surface area contributed by atoms with Gasteiger partial charge in [0.2, 0.25) is 0 Å². The van der Waals surface area contributed by atoms with E-state index in [-0.39, 0.29) is 11.9 Å². The van der Waals surface area contributed by atoms with E-state index in [1.807, 2.05) is 6.92 Å². The highest BCUT2D eigenvalue weighted by atomic mass is 16.3. The molecule has 4 N–H and O–H groups in total. The largest absolute Gasteiger partial charge is 0.391 e. The summed E-state index contributed by atoms with van der Waals surface area (Å²) in [5.74, 6) is 0.170. The predicted octanol–water partition coefficient (Wildman–Crippen LogP) is 1.26. The molecule has 0 bridgehead atoms. The molecule has 2 rings (SSSR count). The van der Waals surface area contributed by atoms with Gasteiger partial charge in [-0.1, -0.05) is 19.8 Å². The number of carbonyl (C=O) groups excluding carboxylic acids is 1. The van der Waals surface area contributed by atoms with Crippen molar-refractivity contribution in [2.75, 3.05) is 5.73 Å². The van der Waals surface area contributed by atoms with Crippen LogP contribution in [-0.2, 0) is 6.42 Å². The van der Waals surface area contributed by atoms with Crippen LogP contribution in [0.4, 0.5) is 5.82 Å². The van der Waals surface area contributed by atoms with Crippen molar-refractivity contribution in [3.05, 3.63) is 23.4 Å². The van der Waals surface area contributed by atoms with Gasteiger partial charge in [-0.2, -0.15) is 0 Å². The van der Waals surface area contributed by atoms with Gasteiger partial charge in [0.05, 0.1) is 12.1 Å².